The first kappa shape index (κ1) is 46.8. The number of carbonyl (C=O) groups is 4. The van der Waals surface area contributed by atoms with Crippen molar-refractivity contribution in [1.29, 1.82) is 0 Å². The lowest BCUT2D eigenvalue weighted by Gasteiger charge is -2.44. The third-order valence-corrected chi connectivity index (χ3v) is 15.8. The highest BCUT2D eigenvalue weighted by Crippen LogP contribution is 2.43. The van der Waals surface area contributed by atoms with Gasteiger partial charge < -0.3 is 29.7 Å². The Labute approximate surface area is 414 Å². The average Bonchev–Trinajstić information content (AvgIpc) is 3.91. The number of amides is 4. The summed E-state index contributed by atoms with van der Waals surface area (Å²) in [6, 6.07) is 24.8. The number of fused-ring (bicyclic) bond motifs is 1. The maximum atomic E-state index is 13.7. The number of hydrogen-bond acceptors (Lipinski definition) is 14. The lowest BCUT2D eigenvalue weighted by Crippen LogP contribution is -2.54. The van der Waals surface area contributed by atoms with Crippen LogP contribution in [0.15, 0.2) is 102 Å². The van der Waals surface area contributed by atoms with Crippen LogP contribution in [0.5, 0.6) is 5.75 Å². The molecule has 0 spiro atoms. The molecule has 70 heavy (non-hydrogen) atoms. The summed E-state index contributed by atoms with van der Waals surface area (Å²) in [7, 11) is 0.834. The Morgan fingerprint density at radius 3 is 2.21 bits per heavy atom. The Morgan fingerprint density at radius 1 is 0.757 bits per heavy atom. The zero-order valence-corrected chi connectivity index (χ0v) is 41.8. The number of benzene rings is 4. The summed E-state index contributed by atoms with van der Waals surface area (Å²) in [4.78, 5) is 68.8. The fraction of sp³-hybridized carbons (Fsp3) is 0.314. The molecule has 1 atom stereocenters. The highest BCUT2D eigenvalue weighted by molar-refractivity contribution is 9.10. The van der Waals surface area contributed by atoms with E-state index in [4.69, 9.17) is 9.72 Å². The second-order valence-electron chi connectivity index (χ2n) is 18.5. The fourth-order valence-electron chi connectivity index (χ4n) is 10.0. The van der Waals surface area contributed by atoms with Crippen molar-refractivity contribution in [2.45, 2.75) is 37.8 Å². The van der Waals surface area contributed by atoms with E-state index in [-0.39, 0.29) is 18.4 Å². The third kappa shape index (κ3) is 9.30. The minimum atomic E-state index is -2.72. The van der Waals surface area contributed by atoms with E-state index in [0.29, 0.717) is 50.3 Å². The normalized spacial score (nSPS) is 18.0. The summed E-state index contributed by atoms with van der Waals surface area (Å²) >= 11 is 3.63. The molecule has 4 aliphatic heterocycles. The number of anilines is 6. The van der Waals surface area contributed by atoms with Gasteiger partial charge in [0, 0.05) is 105 Å². The summed E-state index contributed by atoms with van der Waals surface area (Å²) in [5.41, 5.74) is 7.80. The van der Waals surface area contributed by atoms with Gasteiger partial charge in [-0.2, -0.15) is 10.1 Å². The molecule has 0 bridgehead atoms. The van der Waals surface area contributed by atoms with Crippen LogP contribution in [0.25, 0.3) is 22.3 Å². The third-order valence-electron chi connectivity index (χ3n) is 13.7. The number of methoxy groups -OCH3 is 1. The number of ether oxygens (including phenoxy) is 1. The van der Waals surface area contributed by atoms with Crippen LogP contribution in [0.1, 0.15) is 46.4 Å². The molecular formula is C51H53BrN11O6P. The standard InChI is InChI=1S/C51H53BrN11O6P/c1-59-30-33(28-54-59)37-26-41(56-51-53-29-39(52)47(58-51)55-40-13-10-32(24-45(40)70(3,4)68)31-8-6-5-7-9-31)44(69-2)27-43(37)62-22-20-61(21-23-62)34-16-18-60(19-17-34)35-11-12-36-38(25-35)50(67)63(49(36)66)42-14-15-46(64)57-48(42)65/h5-13,24-30,34,42H,14-23H2,1-4H3,(H,57,64,65)(H2,53,55,56,58). The van der Waals surface area contributed by atoms with Crippen molar-refractivity contribution in [1.82, 2.24) is 34.9 Å². The topological polar surface area (TPSA) is 187 Å². The number of carbonyl (C=O) groups excluding carboxylic acids is 4. The number of piperazine rings is 1. The van der Waals surface area contributed by atoms with E-state index in [1.54, 1.807) is 43.5 Å². The molecule has 4 amide bonds. The number of hydrogen-bond donors (Lipinski definition) is 3. The van der Waals surface area contributed by atoms with Crippen molar-refractivity contribution in [2.24, 2.45) is 7.05 Å². The quantitative estimate of drug-likeness (QED) is 0.0822. The van der Waals surface area contributed by atoms with Crippen LogP contribution in [0.3, 0.4) is 0 Å². The van der Waals surface area contributed by atoms with Gasteiger partial charge in [0.1, 0.15) is 24.8 Å². The average molecular weight is 1030 g/mol. The van der Waals surface area contributed by atoms with Gasteiger partial charge in [-0.05, 0) is 96.0 Å². The van der Waals surface area contributed by atoms with Gasteiger partial charge in [-0.1, -0.05) is 36.4 Å². The molecule has 3 N–H and O–H groups in total. The molecule has 3 fully saturated rings. The van der Waals surface area contributed by atoms with Gasteiger partial charge in [0.2, 0.25) is 17.8 Å². The highest BCUT2D eigenvalue weighted by Gasteiger charge is 2.45. The van der Waals surface area contributed by atoms with Gasteiger partial charge in [0.15, 0.2) is 0 Å². The molecule has 6 heterocycles. The Kier molecular flexibility index (Phi) is 12.8. The second-order valence-corrected chi connectivity index (χ2v) is 22.5. The van der Waals surface area contributed by atoms with Crippen LogP contribution in [0.4, 0.5) is 34.5 Å². The second kappa shape index (κ2) is 19.1. The molecule has 6 aromatic rings. The minimum absolute atomic E-state index is 0.0792. The maximum absolute atomic E-state index is 13.7. The summed E-state index contributed by atoms with van der Waals surface area (Å²) in [6.07, 6.45) is 7.63. The van der Waals surface area contributed by atoms with Crippen molar-refractivity contribution in [3.8, 4) is 28.0 Å². The molecule has 1 unspecified atom stereocenters. The first-order valence-electron chi connectivity index (χ1n) is 23.3. The number of nitrogens with one attached hydrogen (secondary N) is 3. The van der Waals surface area contributed by atoms with Crippen molar-refractivity contribution >= 4 is 86.5 Å². The van der Waals surface area contributed by atoms with E-state index in [1.165, 1.54) is 0 Å². The van der Waals surface area contributed by atoms with Crippen molar-refractivity contribution in [3.05, 3.63) is 113 Å². The van der Waals surface area contributed by atoms with Gasteiger partial charge in [-0.3, -0.25) is 39.0 Å². The Morgan fingerprint density at radius 2 is 1.51 bits per heavy atom. The largest absolute Gasteiger partial charge is 0.494 e. The molecule has 3 saturated heterocycles. The molecule has 0 saturated carbocycles. The van der Waals surface area contributed by atoms with E-state index in [1.807, 2.05) is 74.0 Å². The molecule has 4 aromatic carbocycles. The van der Waals surface area contributed by atoms with Crippen LogP contribution in [-0.2, 0) is 21.2 Å². The van der Waals surface area contributed by atoms with Crippen molar-refractivity contribution in [3.63, 3.8) is 0 Å². The van der Waals surface area contributed by atoms with Crippen molar-refractivity contribution < 1.29 is 28.5 Å². The monoisotopic (exact) mass is 1030 g/mol. The Bertz CT molecular complexity index is 3090. The molecule has 0 radical (unpaired) electrons. The molecule has 17 nitrogen and oxygen atoms in total. The van der Waals surface area contributed by atoms with E-state index < -0.39 is 36.8 Å². The van der Waals surface area contributed by atoms with Gasteiger partial charge in [-0.15, -0.1) is 0 Å². The molecule has 2 aromatic heterocycles. The lowest BCUT2D eigenvalue weighted by molar-refractivity contribution is -0.136. The predicted octanol–water partition coefficient (Wildman–Crippen LogP) is 7.24. The lowest BCUT2D eigenvalue weighted by atomic mass is 10.00. The minimum Gasteiger partial charge on any atom is -0.494 e. The summed E-state index contributed by atoms with van der Waals surface area (Å²) < 4.78 is 22.1. The number of imide groups is 2. The smallest absolute Gasteiger partial charge is 0.262 e. The van der Waals surface area contributed by atoms with Crippen LogP contribution >= 0.6 is 23.1 Å². The number of rotatable bonds is 12. The van der Waals surface area contributed by atoms with Gasteiger partial charge in [0.05, 0.1) is 40.3 Å². The molecule has 4 aliphatic rings. The van der Waals surface area contributed by atoms with Crippen LogP contribution in [0.2, 0.25) is 0 Å². The fourth-order valence-corrected chi connectivity index (χ4v) is 11.5. The number of halogens is 1. The number of aryl methyl sites for hydroxylation is 1. The highest BCUT2D eigenvalue weighted by atomic mass is 79.9. The summed E-state index contributed by atoms with van der Waals surface area (Å²) in [5.74, 6) is -0.551. The van der Waals surface area contributed by atoms with Gasteiger partial charge in [-0.25, -0.2) is 4.98 Å². The van der Waals surface area contributed by atoms with E-state index in [2.05, 4.69) is 68.8 Å². The Hall–Kier alpha value is -6.88. The molecule has 0 aliphatic carbocycles. The van der Waals surface area contributed by atoms with Crippen LogP contribution < -0.4 is 35.8 Å². The van der Waals surface area contributed by atoms with E-state index in [0.717, 1.165) is 90.6 Å². The molecule has 19 heteroatoms. The van der Waals surface area contributed by atoms with E-state index >= 15 is 0 Å². The number of nitrogens with zero attached hydrogens (tertiary/aromatic N) is 8. The molecular weight excluding hydrogens is 974 g/mol. The summed E-state index contributed by atoms with van der Waals surface area (Å²) in [6.45, 7) is 8.46. The predicted molar refractivity (Wildman–Crippen MR) is 275 cm³/mol. The number of aromatic nitrogens is 4. The van der Waals surface area contributed by atoms with E-state index in [9.17, 15) is 23.7 Å². The first-order chi connectivity index (χ1) is 33.7. The maximum Gasteiger partial charge on any atom is 0.262 e. The SMILES string of the molecule is COc1cc(N2CCN(C3CCN(c4ccc5c(c4)C(=O)N(C4CCC(=O)NC4=O)C5=O)CC3)CC2)c(-c2cnn(C)c2)cc1Nc1ncc(Br)c(Nc2ccc(-c3ccccc3)cc2P(C)(C)=O)n1. The molecule has 360 valence electrons. The Balaban J connectivity index is 0.820. The van der Waals surface area contributed by atoms with Gasteiger partial charge in [0.25, 0.3) is 11.8 Å². The van der Waals surface area contributed by atoms with Crippen LogP contribution in [-0.4, -0.2) is 125 Å². The summed E-state index contributed by atoms with van der Waals surface area (Å²) in [5, 5.41) is 14.3. The zero-order valence-electron chi connectivity index (χ0n) is 39.3. The van der Waals surface area contributed by atoms with Crippen LogP contribution in [0, 0.1) is 0 Å². The van der Waals surface area contributed by atoms with Gasteiger partial charge >= 0.3 is 0 Å². The number of piperidine rings is 2. The molecule has 10 rings (SSSR count). The first-order valence-corrected chi connectivity index (χ1v) is 26.7. The van der Waals surface area contributed by atoms with Crippen molar-refractivity contribution in [2.75, 3.05) is 80.1 Å². The zero-order chi connectivity index (χ0) is 48.8.